The van der Waals surface area contributed by atoms with Gasteiger partial charge in [0.15, 0.2) is 5.82 Å². The van der Waals surface area contributed by atoms with Crippen molar-refractivity contribution in [3.8, 4) is 5.69 Å². The summed E-state index contributed by atoms with van der Waals surface area (Å²) in [4.78, 5) is 14.8. The van der Waals surface area contributed by atoms with Crippen LogP contribution in [0, 0.1) is 19.8 Å². The standard InChI is InChI=1S/C23H29ClN6O2/c1-15-20-16(2)30(19-9-7-18(24)8-10-19)28-21(20)22(27-26-15)29-12-4-6-17(14-29)23(31)25-11-5-13-32-3/h7-10,17H,4-6,11-14H2,1-3H3,(H,25,31)/t17-/m0/s1. The Morgan fingerprint density at radius 2 is 2.03 bits per heavy atom. The van der Waals surface area contributed by atoms with Crippen molar-refractivity contribution in [2.24, 2.45) is 5.92 Å². The number of ether oxygens (including phenoxy) is 1. The van der Waals surface area contributed by atoms with Gasteiger partial charge in [0.05, 0.1) is 28.4 Å². The van der Waals surface area contributed by atoms with Gasteiger partial charge in [0, 0.05) is 38.4 Å². The summed E-state index contributed by atoms with van der Waals surface area (Å²) >= 11 is 6.06. The molecule has 0 spiro atoms. The molecule has 4 rings (SSSR count). The molecule has 32 heavy (non-hydrogen) atoms. The van der Waals surface area contributed by atoms with Gasteiger partial charge in [-0.3, -0.25) is 4.79 Å². The Morgan fingerprint density at radius 1 is 1.25 bits per heavy atom. The highest BCUT2D eigenvalue weighted by Crippen LogP contribution is 2.31. The third-order valence-electron chi connectivity index (χ3n) is 5.97. The van der Waals surface area contributed by atoms with Crippen LogP contribution in [0.25, 0.3) is 16.6 Å². The van der Waals surface area contributed by atoms with Crippen molar-refractivity contribution in [3.63, 3.8) is 0 Å². The summed E-state index contributed by atoms with van der Waals surface area (Å²) in [5, 5.41) is 18.5. The second-order valence-electron chi connectivity index (χ2n) is 8.23. The van der Waals surface area contributed by atoms with E-state index in [0.717, 1.165) is 59.6 Å². The Morgan fingerprint density at radius 3 is 2.78 bits per heavy atom. The van der Waals surface area contributed by atoms with E-state index in [1.54, 1.807) is 7.11 Å². The fraction of sp³-hybridized carbons (Fsp3) is 0.478. The number of nitrogens with zero attached hydrogens (tertiary/aromatic N) is 5. The lowest BCUT2D eigenvalue weighted by Crippen LogP contribution is -2.43. The highest BCUT2D eigenvalue weighted by atomic mass is 35.5. The quantitative estimate of drug-likeness (QED) is 0.548. The number of aryl methyl sites for hydroxylation is 2. The molecule has 1 atom stereocenters. The lowest BCUT2D eigenvalue weighted by atomic mass is 9.97. The molecule has 1 saturated heterocycles. The molecular weight excluding hydrogens is 428 g/mol. The minimum Gasteiger partial charge on any atom is -0.385 e. The van der Waals surface area contributed by atoms with E-state index >= 15 is 0 Å². The van der Waals surface area contributed by atoms with Gasteiger partial charge in [-0.25, -0.2) is 4.68 Å². The first kappa shape index (κ1) is 22.5. The predicted octanol–water partition coefficient (Wildman–Crippen LogP) is 3.45. The maximum atomic E-state index is 12.7. The third-order valence-corrected chi connectivity index (χ3v) is 6.22. The van der Waals surface area contributed by atoms with E-state index in [1.807, 2.05) is 42.8 Å². The number of amides is 1. The zero-order valence-corrected chi connectivity index (χ0v) is 19.5. The highest BCUT2D eigenvalue weighted by molar-refractivity contribution is 6.30. The maximum absolute atomic E-state index is 12.7. The van der Waals surface area contributed by atoms with E-state index < -0.39 is 0 Å². The van der Waals surface area contributed by atoms with Crippen molar-refractivity contribution in [2.45, 2.75) is 33.1 Å². The van der Waals surface area contributed by atoms with Crippen LogP contribution in [-0.4, -0.2) is 59.2 Å². The van der Waals surface area contributed by atoms with Crippen LogP contribution in [0.2, 0.25) is 5.02 Å². The second kappa shape index (κ2) is 9.83. The van der Waals surface area contributed by atoms with Gasteiger partial charge in [-0.2, -0.15) is 10.2 Å². The van der Waals surface area contributed by atoms with E-state index in [-0.39, 0.29) is 11.8 Å². The molecule has 1 aliphatic heterocycles. The van der Waals surface area contributed by atoms with Crippen molar-refractivity contribution in [2.75, 3.05) is 38.3 Å². The number of benzene rings is 1. The number of hydrogen-bond donors (Lipinski definition) is 1. The molecule has 8 nitrogen and oxygen atoms in total. The smallest absolute Gasteiger partial charge is 0.224 e. The summed E-state index contributed by atoms with van der Waals surface area (Å²) in [5.74, 6) is 0.743. The molecule has 1 aliphatic rings. The number of nitrogens with one attached hydrogen (secondary N) is 1. The highest BCUT2D eigenvalue weighted by Gasteiger charge is 2.29. The maximum Gasteiger partial charge on any atom is 0.224 e. The van der Waals surface area contributed by atoms with Crippen molar-refractivity contribution < 1.29 is 9.53 Å². The number of carbonyl (C=O) groups is 1. The van der Waals surface area contributed by atoms with Crippen LogP contribution < -0.4 is 10.2 Å². The summed E-state index contributed by atoms with van der Waals surface area (Å²) in [6, 6.07) is 7.60. The second-order valence-corrected chi connectivity index (χ2v) is 8.67. The number of halogens is 1. The molecule has 1 aromatic carbocycles. The summed E-state index contributed by atoms with van der Waals surface area (Å²) in [5.41, 5.74) is 3.58. The van der Waals surface area contributed by atoms with Gasteiger partial charge in [0.2, 0.25) is 5.91 Å². The summed E-state index contributed by atoms with van der Waals surface area (Å²) < 4.78 is 6.96. The number of aromatic nitrogens is 4. The first-order valence-electron chi connectivity index (χ1n) is 11.0. The van der Waals surface area contributed by atoms with E-state index in [0.29, 0.717) is 24.7 Å². The van der Waals surface area contributed by atoms with Gasteiger partial charge in [-0.15, -0.1) is 5.10 Å². The van der Waals surface area contributed by atoms with Crippen LogP contribution in [-0.2, 0) is 9.53 Å². The summed E-state index contributed by atoms with van der Waals surface area (Å²) in [7, 11) is 1.67. The molecule has 0 unspecified atom stereocenters. The Labute approximate surface area is 192 Å². The van der Waals surface area contributed by atoms with E-state index in [9.17, 15) is 4.79 Å². The average molecular weight is 457 g/mol. The summed E-state index contributed by atoms with van der Waals surface area (Å²) in [6.07, 6.45) is 2.60. The van der Waals surface area contributed by atoms with Gasteiger partial charge < -0.3 is 15.0 Å². The minimum absolute atomic E-state index is 0.0797. The Bertz CT molecular complexity index is 1100. The van der Waals surface area contributed by atoms with Crippen LogP contribution in [0.15, 0.2) is 24.3 Å². The molecule has 1 N–H and O–H groups in total. The fourth-order valence-corrected chi connectivity index (χ4v) is 4.44. The molecule has 0 aliphatic carbocycles. The first-order chi connectivity index (χ1) is 15.5. The normalized spacial score (nSPS) is 16.5. The van der Waals surface area contributed by atoms with E-state index in [1.165, 1.54) is 0 Å². The Kier molecular flexibility index (Phi) is 6.91. The van der Waals surface area contributed by atoms with E-state index in [4.69, 9.17) is 21.4 Å². The van der Waals surface area contributed by atoms with Crippen LogP contribution in [0.5, 0.6) is 0 Å². The predicted molar refractivity (Wildman–Crippen MR) is 126 cm³/mol. The summed E-state index contributed by atoms with van der Waals surface area (Å²) in [6.45, 7) is 6.69. The largest absolute Gasteiger partial charge is 0.385 e. The molecule has 0 radical (unpaired) electrons. The lowest BCUT2D eigenvalue weighted by molar-refractivity contribution is -0.125. The van der Waals surface area contributed by atoms with Gasteiger partial charge in [0.25, 0.3) is 0 Å². The molecule has 3 heterocycles. The van der Waals surface area contributed by atoms with Crippen molar-refractivity contribution in [3.05, 3.63) is 40.7 Å². The van der Waals surface area contributed by atoms with E-state index in [2.05, 4.69) is 20.4 Å². The number of piperidine rings is 1. The molecule has 1 fully saturated rings. The molecule has 3 aromatic rings. The lowest BCUT2D eigenvalue weighted by Gasteiger charge is -2.32. The monoisotopic (exact) mass is 456 g/mol. The zero-order valence-electron chi connectivity index (χ0n) is 18.8. The number of carbonyl (C=O) groups excluding carboxylic acids is 1. The average Bonchev–Trinajstić information content (AvgIpc) is 3.15. The molecule has 0 saturated carbocycles. The van der Waals surface area contributed by atoms with Crippen LogP contribution in [0.4, 0.5) is 5.82 Å². The van der Waals surface area contributed by atoms with Gasteiger partial charge in [0.1, 0.15) is 5.52 Å². The fourth-order valence-electron chi connectivity index (χ4n) is 4.31. The van der Waals surface area contributed by atoms with Gasteiger partial charge in [-0.05, 0) is 57.4 Å². The number of anilines is 1. The number of rotatable bonds is 7. The number of methoxy groups -OCH3 is 1. The van der Waals surface area contributed by atoms with Crippen molar-refractivity contribution >= 4 is 34.2 Å². The molecule has 9 heteroatoms. The minimum atomic E-state index is -0.0797. The first-order valence-corrected chi connectivity index (χ1v) is 11.4. The molecule has 170 valence electrons. The zero-order chi connectivity index (χ0) is 22.7. The topological polar surface area (TPSA) is 85.2 Å². The molecule has 1 amide bonds. The Balaban J connectivity index is 1.61. The SMILES string of the molecule is COCCCNC(=O)[C@H]1CCCN(c2nnc(C)c3c(C)n(-c4ccc(Cl)cc4)nc23)C1. The van der Waals surface area contributed by atoms with Crippen molar-refractivity contribution in [1.82, 2.24) is 25.3 Å². The Hall–Kier alpha value is -2.71. The van der Waals surface area contributed by atoms with Gasteiger partial charge >= 0.3 is 0 Å². The number of fused-ring (bicyclic) bond motifs is 1. The third kappa shape index (κ3) is 4.56. The number of hydrogen-bond acceptors (Lipinski definition) is 6. The van der Waals surface area contributed by atoms with Crippen LogP contribution in [0.1, 0.15) is 30.7 Å². The van der Waals surface area contributed by atoms with Crippen molar-refractivity contribution in [1.29, 1.82) is 0 Å². The molecular formula is C23H29ClN6O2. The van der Waals surface area contributed by atoms with Crippen LogP contribution >= 0.6 is 11.6 Å². The van der Waals surface area contributed by atoms with Crippen LogP contribution in [0.3, 0.4) is 0 Å². The van der Waals surface area contributed by atoms with Gasteiger partial charge in [-0.1, -0.05) is 11.6 Å². The molecule has 2 aromatic heterocycles. The molecule has 0 bridgehead atoms.